The minimum Gasteiger partial charge on any atom is -0.478 e. The monoisotopic (exact) mass is 515 g/mol. The van der Waals surface area contributed by atoms with Gasteiger partial charge in [-0.15, -0.1) is 11.3 Å². The number of alkyl halides is 3. The SMILES string of the molecule is Cn1c(=O)[nH]c(=O)c2c1ccn2CC(=O)Nc1nc(-c2cc(F)c(OCC(F)(F)F)c(F)c2)cs1. The fraction of sp³-hybridized carbons (Fsp3) is 0.200. The number of aromatic nitrogens is 4. The lowest BCUT2D eigenvalue weighted by Crippen LogP contribution is -2.29. The predicted molar refractivity (Wildman–Crippen MR) is 115 cm³/mol. The smallest absolute Gasteiger partial charge is 0.422 e. The molecule has 0 aliphatic heterocycles. The summed E-state index contributed by atoms with van der Waals surface area (Å²) in [5.74, 6) is -4.44. The van der Waals surface area contributed by atoms with Crippen molar-refractivity contribution in [1.29, 1.82) is 0 Å². The van der Waals surface area contributed by atoms with Gasteiger partial charge < -0.3 is 14.6 Å². The van der Waals surface area contributed by atoms with Gasteiger partial charge in [0.05, 0.1) is 11.2 Å². The molecule has 0 radical (unpaired) electrons. The highest BCUT2D eigenvalue weighted by molar-refractivity contribution is 7.14. The van der Waals surface area contributed by atoms with Crippen LogP contribution in [0, 0.1) is 11.6 Å². The molecule has 0 aliphatic rings. The van der Waals surface area contributed by atoms with Gasteiger partial charge in [-0.25, -0.2) is 18.6 Å². The van der Waals surface area contributed by atoms with E-state index in [1.165, 1.54) is 33.8 Å². The molecule has 3 aromatic heterocycles. The van der Waals surface area contributed by atoms with E-state index >= 15 is 0 Å². The number of aryl methyl sites for hydroxylation is 1. The van der Waals surface area contributed by atoms with Crippen molar-refractivity contribution in [1.82, 2.24) is 19.1 Å². The Labute approximate surface area is 195 Å². The molecule has 0 unspecified atom stereocenters. The first-order chi connectivity index (χ1) is 16.4. The molecule has 0 saturated carbocycles. The average molecular weight is 515 g/mol. The quantitative estimate of drug-likeness (QED) is 0.384. The molecule has 9 nitrogen and oxygen atoms in total. The van der Waals surface area contributed by atoms with Crippen LogP contribution in [0.15, 0.2) is 39.4 Å². The van der Waals surface area contributed by atoms with Crippen molar-refractivity contribution in [2.24, 2.45) is 7.05 Å². The highest BCUT2D eigenvalue weighted by Gasteiger charge is 2.30. The van der Waals surface area contributed by atoms with Crippen LogP contribution in [0.25, 0.3) is 22.3 Å². The van der Waals surface area contributed by atoms with Crippen molar-refractivity contribution < 1.29 is 31.5 Å². The van der Waals surface area contributed by atoms with Gasteiger partial charge in [-0.05, 0) is 18.2 Å². The number of H-pyrrole nitrogens is 1. The number of halogens is 5. The van der Waals surface area contributed by atoms with E-state index in [1.54, 1.807) is 0 Å². The normalized spacial score (nSPS) is 11.7. The van der Waals surface area contributed by atoms with Crippen molar-refractivity contribution in [3.05, 3.63) is 62.2 Å². The zero-order chi connectivity index (χ0) is 25.5. The van der Waals surface area contributed by atoms with Crippen molar-refractivity contribution in [2.75, 3.05) is 11.9 Å². The van der Waals surface area contributed by atoms with Crippen molar-refractivity contribution in [3.8, 4) is 17.0 Å². The molecule has 2 N–H and O–H groups in total. The molecular weight excluding hydrogens is 501 g/mol. The van der Waals surface area contributed by atoms with Gasteiger partial charge in [0.1, 0.15) is 12.1 Å². The van der Waals surface area contributed by atoms with E-state index in [1.807, 2.05) is 0 Å². The van der Waals surface area contributed by atoms with Gasteiger partial charge in [-0.2, -0.15) is 13.2 Å². The Kier molecular flexibility index (Phi) is 6.19. The number of amides is 1. The lowest BCUT2D eigenvalue weighted by molar-refractivity contribution is -0.154. The molecule has 15 heteroatoms. The van der Waals surface area contributed by atoms with Gasteiger partial charge >= 0.3 is 11.9 Å². The number of hydrogen-bond acceptors (Lipinski definition) is 6. The highest BCUT2D eigenvalue weighted by Crippen LogP contribution is 2.32. The first-order valence-electron chi connectivity index (χ1n) is 9.65. The first-order valence-corrected chi connectivity index (χ1v) is 10.5. The van der Waals surface area contributed by atoms with Crippen LogP contribution in [0.5, 0.6) is 5.75 Å². The maximum absolute atomic E-state index is 14.1. The van der Waals surface area contributed by atoms with Gasteiger partial charge in [0.25, 0.3) is 5.56 Å². The fourth-order valence-electron chi connectivity index (χ4n) is 3.24. The minimum absolute atomic E-state index is 0.0586. The second-order valence-electron chi connectivity index (χ2n) is 7.25. The summed E-state index contributed by atoms with van der Waals surface area (Å²) in [6.07, 6.45) is -3.31. The largest absolute Gasteiger partial charge is 0.478 e. The summed E-state index contributed by atoms with van der Waals surface area (Å²) in [6.45, 7) is -2.15. The van der Waals surface area contributed by atoms with E-state index in [4.69, 9.17) is 0 Å². The number of fused-ring (bicyclic) bond motifs is 1. The topological polar surface area (TPSA) is 111 Å². The molecule has 0 saturated heterocycles. The second kappa shape index (κ2) is 8.98. The van der Waals surface area contributed by atoms with Crippen LogP contribution in [0.1, 0.15) is 0 Å². The second-order valence-corrected chi connectivity index (χ2v) is 8.11. The predicted octanol–water partition coefficient (Wildman–Crippen LogP) is 3.01. The summed E-state index contributed by atoms with van der Waals surface area (Å²) in [6, 6.07) is 3.03. The Hall–Kier alpha value is -4.01. The number of nitrogens with zero attached hydrogens (tertiary/aromatic N) is 3. The molecule has 4 aromatic rings. The third kappa shape index (κ3) is 5.08. The van der Waals surface area contributed by atoms with Crippen molar-refractivity contribution in [2.45, 2.75) is 12.7 Å². The van der Waals surface area contributed by atoms with E-state index in [0.717, 1.165) is 23.5 Å². The van der Waals surface area contributed by atoms with Crippen LogP contribution in [0.4, 0.5) is 27.1 Å². The molecule has 35 heavy (non-hydrogen) atoms. The number of benzene rings is 1. The number of rotatable bonds is 6. The number of thiazole rings is 1. The zero-order valence-electron chi connectivity index (χ0n) is 17.6. The summed E-state index contributed by atoms with van der Waals surface area (Å²) in [4.78, 5) is 42.5. The Balaban J connectivity index is 1.49. The number of ether oxygens (including phenoxy) is 1. The first kappa shape index (κ1) is 24.1. The third-order valence-corrected chi connectivity index (χ3v) is 5.54. The minimum atomic E-state index is -4.77. The van der Waals surface area contributed by atoms with Crippen LogP contribution in [-0.2, 0) is 18.4 Å². The summed E-state index contributed by atoms with van der Waals surface area (Å²) in [5.41, 5.74) is -0.851. The molecule has 0 bridgehead atoms. The molecule has 3 heterocycles. The van der Waals surface area contributed by atoms with Crippen molar-refractivity contribution >= 4 is 33.4 Å². The maximum atomic E-state index is 14.1. The molecule has 184 valence electrons. The summed E-state index contributed by atoms with van der Waals surface area (Å²) in [5, 5.41) is 3.94. The molecule has 0 atom stereocenters. The molecule has 1 amide bonds. The Morgan fingerprint density at radius 2 is 1.91 bits per heavy atom. The highest BCUT2D eigenvalue weighted by atomic mass is 32.1. The number of carbonyl (C=O) groups excluding carboxylic acids is 1. The zero-order valence-corrected chi connectivity index (χ0v) is 18.4. The standard InChI is InChI=1S/C20H14F5N5O4S/c1-29-13-2-3-30(15(13)17(32)28-19(29)33)6-14(31)27-18-26-12(7-35-18)9-4-10(21)16(11(22)5-9)34-8-20(23,24)25/h2-5,7H,6,8H2,1H3,(H,26,27,31)(H,28,32,33). The van der Waals surface area contributed by atoms with Gasteiger partial charge in [0.15, 0.2) is 29.1 Å². The van der Waals surface area contributed by atoms with Crippen LogP contribution in [0.2, 0.25) is 0 Å². The van der Waals surface area contributed by atoms with Crippen LogP contribution < -0.4 is 21.3 Å². The Bertz CT molecular complexity index is 1530. The van der Waals surface area contributed by atoms with E-state index in [2.05, 4.69) is 20.0 Å². The fourth-order valence-corrected chi connectivity index (χ4v) is 3.97. The lowest BCUT2D eigenvalue weighted by atomic mass is 10.1. The van der Waals surface area contributed by atoms with Crippen LogP contribution >= 0.6 is 11.3 Å². The molecule has 0 aliphatic carbocycles. The average Bonchev–Trinajstić information content (AvgIpc) is 3.38. The molecule has 0 spiro atoms. The molecule has 0 fully saturated rings. The van der Waals surface area contributed by atoms with E-state index in [-0.39, 0.29) is 28.5 Å². The number of anilines is 1. The maximum Gasteiger partial charge on any atom is 0.422 e. The third-order valence-electron chi connectivity index (χ3n) is 4.78. The summed E-state index contributed by atoms with van der Waals surface area (Å²) >= 11 is 0.935. The number of carbonyl (C=O) groups is 1. The van der Waals surface area contributed by atoms with E-state index in [0.29, 0.717) is 5.52 Å². The van der Waals surface area contributed by atoms with Crippen LogP contribution in [-0.4, -0.2) is 37.8 Å². The number of aromatic amines is 1. The van der Waals surface area contributed by atoms with E-state index in [9.17, 15) is 36.3 Å². The number of nitrogens with one attached hydrogen (secondary N) is 2. The molecule has 1 aromatic carbocycles. The lowest BCUT2D eigenvalue weighted by Gasteiger charge is -2.11. The van der Waals surface area contributed by atoms with Gasteiger partial charge in [0.2, 0.25) is 5.91 Å². The Morgan fingerprint density at radius 3 is 2.57 bits per heavy atom. The van der Waals surface area contributed by atoms with E-state index < -0.39 is 47.3 Å². The molecular formula is C20H14F5N5O4S. The van der Waals surface area contributed by atoms with Gasteiger partial charge in [-0.1, -0.05) is 0 Å². The van der Waals surface area contributed by atoms with Gasteiger partial charge in [0, 0.05) is 24.2 Å². The van der Waals surface area contributed by atoms with Gasteiger partial charge in [-0.3, -0.25) is 19.1 Å². The van der Waals surface area contributed by atoms with Crippen molar-refractivity contribution in [3.63, 3.8) is 0 Å². The van der Waals surface area contributed by atoms with Crippen LogP contribution in [0.3, 0.4) is 0 Å². The molecule has 4 rings (SSSR count). The summed E-state index contributed by atoms with van der Waals surface area (Å²) in [7, 11) is 1.46. The number of hydrogen-bond donors (Lipinski definition) is 2. The Morgan fingerprint density at radius 1 is 1.23 bits per heavy atom. The summed E-state index contributed by atoms with van der Waals surface area (Å²) < 4.78 is 71.8.